The Morgan fingerprint density at radius 1 is 1.64 bits per heavy atom. The van der Waals surface area contributed by atoms with Gasteiger partial charge in [0.25, 0.3) is 0 Å². The van der Waals surface area contributed by atoms with Crippen molar-refractivity contribution >= 4 is 18.1 Å². The van der Waals surface area contributed by atoms with Crippen LogP contribution in [0.5, 0.6) is 0 Å². The number of cyclic esters (lactones) is 2. The minimum absolute atomic E-state index is 0.0989. The van der Waals surface area contributed by atoms with Crippen LogP contribution in [0.4, 0.5) is 0 Å². The van der Waals surface area contributed by atoms with Crippen molar-refractivity contribution in [3.05, 3.63) is 24.5 Å². The zero-order chi connectivity index (χ0) is 10.1. The molecular weight excluding hydrogens is 184 g/mol. The number of carbonyl (C=O) groups excluding carboxylic acids is 2. The van der Waals surface area contributed by atoms with Gasteiger partial charge in [-0.3, -0.25) is 9.59 Å². The lowest BCUT2D eigenvalue weighted by Gasteiger charge is -1.97. The third-order valence-electron chi connectivity index (χ3n) is 2.08. The first kappa shape index (κ1) is 8.68. The summed E-state index contributed by atoms with van der Waals surface area (Å²) in [5, 5.41) is 3.92. The number of rotatable bonds is 2. The van der Waals surface area contributed by atoms with Gasteiger partial charge in [-0.15, -0.1) is 0 Å². The Hall–Kier alpha value is -1.91. The highest BCUT2D eigenvalue weighted by atomic mass is 16.6. The molecule has 5 heteroatoms. The summed E-state index contributed by atoms with van der Waals surface area (Å²) in [6.07, 6.45) is 4.79. The van der Waals surface area contributed by atoms with Crippen LogP contribution in [0.1, 0.15) is 17.9 Å². The van der Waals surface area contributed by atoms with E-state index in [9.17, 15) is 9.59 Å². The molecule has 1 saturated heterocycles. The van der Waals surface area contributed by atoms with E-state index < -0.39 is 17.9 Å². The molecule has 1 aliphatic rings. The molecule has 0 amide bonds. The van der Waals surface area contributed by atoms with Crippen molar-refractivity contribution in [3.63, 3.8) is 0 Å². The lowest BCUT2D eigenvalue weighted by molar-refractivity contribution is -0.152. The highest BCUT2D eigenvalue weighted by molar-refractivity contribution is 5.97. The highest BCUT2D eigenvalue weighted by Gasteiger charge is 2.35. The molecule has 1 fully saturated rings. The zero-order valence-electron chi connectivity index (χ0n) is 7.34. The summed E-state index contributed by atoms with van der Waals surface area (Å²) < 4.78 is 5.91. The molecule has 2 heterocycles. The Balaban J connectivity index is 2.26. The number of ether oxygens (including phenoxy) is 1. The molecular formula is C9H8N2O3. The molecule has 0 spiro atoms. The Bertz CT molecular complexity index is 408. The maximum atomic E-state index is 11.2. The summed E-state index contributed by atoms with van der Waals surface area (Å²) in [7, 11) is 0. The number of carbonyl (C=O) groups is 2. The van der Waals surface area contributed by atoms with Crippen LogP contribution in [0.25, 0.3) is 6.20 Å². The average molecular weight is 192 g/mol. The molecule has 0 aromatic carbocycles. The number of hydrogen-bond acceptors (Lipinski definition) is 4. The molecule has 5 nitrogen and oxygen atoms in total. The largest absolute Gasteiger partial charge is 0.393 e. The van der Waals surface area contributed by atoms with Crippen LogP contribution in [-0.2, 0) is 14.3 Å². The van der Waals surface area contributed by atoms with Gasteiger partial charge in [0.05, 0.1) is 18.5 Å². The third-order valence-corrected chi connectivity index (χ3v) is 2.08. The minimum Gasteiger partial charge on any atom is -0.393 e. The maximum absolute atomic E-state index is 11.2. The van der Waals surface area contributed by atoms with E-state index in [0.717, 1.165) is 0 Å². The van der Waals surface area contributed by atoms with Gasteiger partial charge in [-0.2, -0.15) is 5.10 Å². The standard InChI is InChI=1S/C9H8N2O3/c1-2-11-5-6(4-10-11)7-3-8(12)14-9(7)13/h2,4-5,7H,1,3H2. The van der Waals surface area contributed by atoms with Crippen molar-refractivity contribution in [2.45, 2.75) is 12.3 Å². The fourth-order valence-electron chi connectivity index (χ4n) is 1.36. The van der Waals surface area contributed by atoms with Crippen LogP contribution in [0.15, 0.2) is 19.0 Å². The van der Waals surface area contributed by atoms with Crippen molar-refractivity contribution in [1.82, 2.24) is 9.78 Å². The molecule has 0 bridgehead atoms. The molecule has 2 rings (SSSR count). The monoisotopic (exact) mass is 192 g/mol. The van der Waals surface area contributed by atoms with Crippen LogP contribution in [0.3, 0.4) is 0 Å². The first-order chi connectivity index (χ1) is 6.70. The van der Waals surface area contributed by atoms with Gasteiger partial charge in [-0.05, 0) is 0 Å². The summed E-state index contributed by atoms with van der Waals surface area (Å²) in [5.41, 5.74) is 0.681. The van der Waals surface area contributed by atoms with E-state index in [1.54, 1.807) is 6.20 Å². The molecule has 0 radical (unpaired) electrons. The second-order valence-corrected chi connectivity index (χ2v) is 2.99. The van der Waals surface area contributed by atoms with E-state index in [1.807, 2.05) is 0 Å². The number of nitrogens with zero attached hydrogens (tertiary/aromatic N) is 2. The van der Waals surface area contributed by atoms with Gasteiger partial charge >= 0.3 is 11.9 Å². The Kier molecular flexibility index (Phi) is 1.92. The molecule has 1 aromatic heterocycles. The number of aromatic nitrogens is 2. The topological polar surface area (TPSA) is 61.2 Å². The molecule has 72 valence electrons. The van der Waals surface area contributed by atoms with Gasteiger partial charge < -0.3 is 4.74 Å². The van der Waals surface area contributed by atoms with Crippen molar-refractivity contribution < 1.29 is 14.3 Å². The van der Waals surface area contributed by atoms with Gasteiger partial charge in [-0.25, -0.2) is 4.68 Å². The van der Waals surface area contributed by atoms with E-state index >= 15 is 0 Å². The fraction of sp³-hybridized carbons (Fsp3) is 0.222. The molecule has 1 unspecified atom stereocenters. The number of hydrogen-bond donors (Lipinski definition) is 0. The average Bonchev–Trinajstić information content (AvgIpc) is 2.71. The third kappa shape index (κ3) is 1.32. The molecule has 1 aliphatic heterocycles. The molecule has 0 saturated carbocycles. The summed E-state index contributed by atoms with van der Waals surface area (Å²) in [4.78, 5) is 22.0. The van der Waals surface area contributed by atoms with E-state index in [-0.39, 0.29) is 6.42 Å². The van der Waals surface area contributed by atoms with Crippen molar-refractivity contribution in [2.24, 2.45) is 0 Å². The predicted molar refractivity (Wildman–Crippen MR) is 47.1 cm³/mol. The highest BCUT2D eigenvalue weighted by Crippen LogP contribution is 2.26. The quantitative estimate of drug-likeness (QED) is 0.506. The van der Waals surface area contributed by atoms with Gasteiger partial charge in [0.1, 0.15) is 0 Å². The van der Waals surface area contributed by atoms with Crippen molar-refractivity contribution in [3.8, 4) is 0 Å². The maximum Gasteiger partial charge on any atom is 0.321 e. The van der Waals surface area contributed by atoms with Gasteiger partial charge in [-0.1, -0.05) is 6.58 Å². The first-order valence-electron chi connectivity index (χ1n) is 4.12. The smallest absolute Gasteiger partial charge is 0.321 e. The summed E-state index contributed by atoms with van der Waals surface area (Å²) >= 11 is 0. The summed E-state index contributed by atoms with van der Waals surface area (Å²) in [5.74, 6) is -1.49. The second-order valence-electron chi connectivity index (χ2n) is 2.99. The fourth-order valence-corrected chi connectivity index (χ4v) is 1.36. The van der Waals surface area contributed by atoms with Crippen molar-refractivity contribution in [1.29, 1.82) is 0 Å². The Morgan fingerprint density at radius 3 is 2.93 bits per heavy atom. The van der Waals surface area contributed by atoms with Gasteiger partial charge in [0.2, 0.25) is 0 Å². The van der Waals surface area contributed by atoms with E-state index in [4.69, 9.17) is 0 Å². The zero-order valence-corrected chi connectivity index (χ0v) is 7.34. The molecule has 0 aliphatic carbocycles. The molecule has 1 atom stereocenters. The van der Waals surface area contributed by atoms with Gasteiger partial charge in [0.15, 0.2) is 0 Å². The summed E-state index contributed by atoms with van der Waals surface area (Å²) in [6, 6.07) is 0. The number of esters is 2. The molecule has 14 heavy (non-hydrogen) atoms. The lowest BCUT2D eigenvalue weighted by Crippen LogP contribution is -2.04. The van der Waals surface area contributed by atoms with Crippen LogP contribution < -0.4 is 0 Å². The van der Waals surface area contributed by atoms with E-state index in [1.165, 1.54) is 17.1 Å². The normalized spacial score (nSPS) is 21.0. The van der Waals surface area contributed by atoms with Crippen LogP contribution in [0, 0.1) is 0 Å². The Morgan fingerprint density at radius 2 is 2.43 bits per heavy atom. The van der Waals surface area contributed by atoms with Crippen LogP contribution in [0.2, 0.25) is 0 Å². The van der Waals surface area contributed by atoms with E-state index in [0.29, 0.717) is 5.56 Å². The molecule has 1 aromatic rings. The summed E-state index contributed by atoms with van der Waals surface area (Å²) in [6.45, 7) is 3.52. The van der Waals surface area contributed by atoms with Crippen LogP contribution in [-0.4, -0.2) is 21.7 Å². The second kappa shape index (κ2) is 3.10. The van der Waals surface area contributed by atoms with E-state index in [2.05, 4.69) is 16.4 Å². The lowest BCUT2D eigenvalue weighted by atomic mass is 10.0. The molecule has 0 N–H and O–H groups in total. The first-order valence-corrected chi connectivity index (χ1v) is 4.12. The SMILES string of the molecule is C=Cn1cc(C2CC(=O)OC2=O)cn1. The van der Waals surface area contributed by atoms with Gasteiger partial charge in [0, 0.05) is 18.0 Å². The van der Waals surface area contributed by atoms with Crippen LogP contribution >= 0.6 is 0 Å². The Labute approximate surface area is 80.0 Å². The van der Waals surface area contributed by atoms with Crippen molar-refractivity contribution in [2.75, 3.05) is 0 Å². The predicted octanol–water partition coefficient (Wildman–Crippen LogP) is 0.541. The minimum atomic E-state index is -0.504.